The summed E-state index contributed by atoms with van der Waals surface area (Å²) in [4.78, 5) is 12.0. The molecular weight excluding hydrogens is 792 g/mol. The van der Waals surface area contributed by atoms with E-state index in [-0.39, 0.29) is 34.7 Å². The second-order valence-electron chi connectivity index (χ2n) is 19.4. The van der Waals surface area contributed by atoms with Gasteiger partial charge in [0.05, 0.1) is 31.0 Å². The Kier molecular flexibility index (Phi) is 12.9. The van der Waals surface area contributed by atoms with Crippen LogP contribution < -0.4 is 0 Å². The predicted octanol–water partition coefficient (Wildman–Crippen LogP) is -1.24. The third-order valence-electron chi connectivity index (χ3n) is 16.5. The van der Waals surface area contributed by atoms with Gasteiger partial charge in [-0.25, -0.2) is 4.79 Å². The van der Waals surface area contributed by atoms with Crippen molar-refractivity contribution in [2.24, 2.45) is 34.5 Å². The van der Waals surface area contributed by atoms with Crippen molar-refractivity contribution in [1.82, 2.24) is 0 Å². The number of carbonyl (C=O) groups is 1. The Morgan fingerprint density at radius 3 is 2.10 bits per heavy atom. The van der Waals surface area contributed by atoms with Crippen molar-refractivity contribution in [1.29, 1.82) is 0 Å². The van der Waals surface area contributed by atoms with E-state index in [0.717, 1.165) is 63.4 Å². The Bertz CT molecular complexity index is 1570. The lowest BCUT2D eigenvalue weighted by Gasteiger charge is -2.64. The molecule has 0 spiro atoms. The Hall–Kier alpha value is -1.43. The van der Waals surface area contributed by atoms with Crippen molar-refractivity contribution in [3.8, 4) is 0 Å². The maximum absolute atomic E-state index is 12.6. The van der Waals surface area contributed by atoms with Crippen molar-refractivity contribution in [2.75, 3.05) is 26.9 Å². The van der Waals surface area contributed by atoms with Crippen LogP contribution in [0.25, 0.3) is 0 Å². The smallest absolute Gasteiger partial charge is 0.331 e. The van der Waals surface area contributed by atoms with E-state index >= 15 is 0 Å². The van der Waals surface area contributed by atoms with E-state index in [1.54, 1.807) is 13.0 Å². The summed E-state index contributed by atoms with van der Waals surface area (Å²) in [5.41, 5.74) is -0.0850. The van der Waals surface area contributed by atoms with Gasteiger partial charge in [-0.2, -0.15) is 0 Å². The van der Waals surface area contributed by atoms with Crippen molar-refractivity contribution >= 4 is 5.97 Å². The van der Waals surface area contributed by atoms with Gasteiger partial charge >= 0.3 is 5.97 Å². The van der Waals surface area contributed by atoms with E-state index < -0.39 is 111 Å². The Morgan fingerprint density at radius 1 is 0.733 bits per heavy atom. The van der Waals surface area contributed by atoms with Crippen LogP contribution in [-0.2, 0) is 42.7 Å². The quantitative estimate of drug-likeness (QED) is 0.0918. The fourth-order valence-electron chi connectivity index (χ4n) is 13.0. The highest BCUT2D eigenvalue weighted by atomic mass is 16.8. The summed E-state index contributed by atoms with van der Waals surface area (Å²) in [6.45, 7) is 5.42. The minimum Gasteiger partial charge on any atom is -0.458 e. The Labute approximate surface area is 349 Å². The lowest BCUT2D eigenvalue weighted by atomic mass is 9.43. The molecule has 342 valence electrons. The molecule has 1 unspecified atom stereocenters. The van der Waals surface area contributed by atoms with Crippen LogP contribution >= 0.6 is 0 Å². The van der Waals surface area contributed by atoms with E-state index in [0.29, 0.717) is 18.4 Å². The third kappa shape index (κ3) is 7.50. The molecule has 4 aliphatic carbocycles. The van der Waals surface area contributed by atoms with Crippen molar-refractivity contribution in [2.45, 2.75) is 182 Å². The summed E-state index contributed by atoms with van der Waals surface area (Å²) in [5, 5.41) is 96.6. The zero-order chi connectivity index (χ0) is 43.1. The van der Waals surface area contributed by atoms with Crippen molar-refractivity contribution in [3.63, 3.8) is 0 Å². The van der Waals surface area contributed by atoms with Gasteiger partial charge in [0.1, 0.15) is 73.8 Å². The molecule has 0 aromatic rings. The van der Waals surface area contributed by atoms with Gasteiger partial charge in [0, 0.05) is 18.6 Å². The van der Waals surface area contributed by atoms with Gasteiger partial charge in [-0.1, -0.05) is 13.8 Å². The van der Waals surface area contributed by atoms with Crippen molar-refractivity contribution < 1.29 is 88.6 Å². The minimum absolute atomic E-state index is 0.00760. The fourth-order valence-corrected chi connectivity index (χ4v) is 13.0. The first-order chi connectivity index (χ1) is 28.4. The summed E-state index contributed by atoms with van der Waals surface area (Å²) < 4.78 is 46.6. The lowest BCUT2D eigenvalue weighted by Crippen LogP contribution is -2.65. The Morgan fingerprint density at radius 2 is 1.42 bits per heavy atom. The van der Waals surface area contributed by atoms with Crippen LogP contribution in [0.3, 0.4) is 0 Å². The molecule has 23 atom stereocenters. The Balaban J connectivity index is 0.875. The summed E-state index contributed by atoms with van der Waals surface area (Å²) in [5.74, 6) is 0.725. The largest absolute Gasteiger partial charge is 0.458 e. The molecule has 3 saturated heterocycles. The van der Waals surface area contributed by atoms with E-state index in [4.69, 9.17) is 37.9 Å². The number of esters is 1. The van der Waals surface area contributed by atoms with Crippen LogP contribution in [0, 0.1) is 34.5 Å². The molecular formula is C42H66O18. The summed E-state index contributed by atoms with van der Waals surface area (Å²) in [6.07, 6.45) is -11.9. The number of rotatable bonds is 10. The molecule has 4 aliphatic heterocycles. The molecule has 8 aliphatic rings. The first-order valence-corrected chi connectivity index (χ1v) is 21.8. The molecule has 0 bridgehead atoms. The molecule has 7 fully saturated rings. The van der Waals surface area contributed by atoms with Gasteiger partial charge in [0.15, 0.2) is 18.9 Å². The molecule has 4 saturated carbocycles. The second-order valence-corrected chi connectivity index (χ2v) is 19.4. The van der Waals surface area contributed by atoms with E-state index in [1.807, 2.05) is 0 Å². The minimum atomic E-state index is -1.77. The number of cyclic esters (lactones) is 1. The average Bonchev–Trinajstić information content (AvgIpc) is 3.78. The molecule has 0 radical (unpaired) electrons. The van der Waals surface area contributed by atoms with E-state index in [1.165, 1.54) is 7.11 Å². The molecule has 0 aromatic heterocycles. The molecule has 0 amide bonds. The highest BCUT2D eigenvalue weighted by Crippen LogP contribution is 2.70. The molecule has 8 rings (SSSR count). The van der Waals surface area contributed by atoms with Crippen LogP contribution in [-0.4, -0.2) is 183 Å². The lowest BCUT2D eigenvalue weighted by molar-refractivity contribution is -0.367. The van der Waals surface area contributed by atoms with Crippen LogP contribution in [0.15, 0.2) is 11.6 Å². The van der Waals surface area contributed by atoms with Gasteiger partial charge < -0.3 is 83.9 Å². The maximum Gasteiger partial charge on any atom is 0.331 e. The number of fused-ring (bicyclic) bond motifs is 5. The number of carbonyl (C=O) groups excluding carboxylic acids is 1. The first kappa shape index (κ1) is 45.1. The summed E-state index contributed by atoms with van der Waals surface area (Å²) >= 11 is 0. The molecule has 9 N–H and O–H groups in total. The first-order valence-electron chi connectivity index (χ1n) is 21.8. The monoisotopic (exact) mass is 858 g/mol. The van der Waals surface area contributed by atoms with Crippen molar-refractivity contribution in [3.05, 3.63) is 11.6 Å². The zero-order valence-electron chi connectivity index (χ0n) is 34.8. The van der Waals surface area contributed by atoms with Crippen LogP contribution in [0.2, 0.25) is 0 Å². The maximum atomic E-state index is 12.6. The molecule has 18 nitrogen and oxygen atoms in total. The second kappa shape index (κ2) is 17.2. The number of aliphatic hydroxyl groups excluding tert-OH is 8. The van der Waals surface area contributed by atoms with Gasteiger partial charge in [-0.15, -0.1) is 0 Å². The van der Waals surface area contributed by atoms with Crippen LogP contribution in [0.1, 0.15) is 78.6 Å². The highest BCUT2D eigenvalue weighted by molar-refractivity contribution is 5.85. The molecule has 60 heavy (non-hydrogen) atoms. The normalized spacial score (nSPS) is 54.4. The number of aliphatic hydroxyl groups is 9. The number of hydrogen-bond donors (Lipinski definition) is 9. The summed E-state index contributed by atoms with van der Waals surface area (Å²) in [7, 11) is 1.39. The summed E-state index contributed by atoms with van der Waals surface area (Å²) in [6, 6.07) is 0. The number of hydrogen-bond acceptors (Lipinski definition) is 18. The number of ether oxygens (including phenoxy) is 8. The molecule has 0 aromatic carbocycles. The number of methoxy groups -OCH3 is 1. The van der Waals surface area contributed by atoms with Gasteiger partial charge in [-0.05, 0) is 99.4 Å². The fraction of sp³-hybridized carbons (Fsp3) is 0.929. The standard InChI is InChI=1S/C42H66O18/c1-18-35(60-38-33(50)31(48)29(46)26(59-38)17-55-37-32(49)30(47)28(45)25(15-43)58-37)36(53-4)34(51)39(56-18)57-21-7-10-40(2)20(14-21)5-6-24-23(40)8-11-41(3)22(9-12-42(24,41)52)19-13-27(44)54-16-19/h13,18,20-26,28-39,43,45-52H,5-12,14-17H2,1-4H3/t18-,20+,21-,22+,23-,24+,25+,26+,28+,29+,30-,31-,32+,33+,34-,35-,36-,37+,38?,39-,40-,41+,42-/m0/s1. The van der Waals surface area contributed by atoms with Gasteiger partial charge in [-0.3, -0.25) is 0 Å². The van der Waals surface area contributed by atoms with Crippen LogP contribution in [0.4, 0.5) is 0 Å². The van der Waals surface area contributed by atoms with Crippen LogP contribution in [0.5, 0.6) is 0 Å². The zero-order valence-corrected chi connectivity index (χ0v) is 34.8. The predicted molar refractivity (Wildman–Crippen MR) is 203 cm³/mol. The third-order valence-corrected chi connectivity index (χ3v) is 16.5. The van der Waals surface area contributed by atoms with E-state index in [9.17, 15) is 50.8 Å². The SMILES string of the molecule is CO[C@H]1[C@H](O)[C@H](O[C@H]2CC[C@@]3(C)[C@H](CC[C@@H]4[C@@H]3CC[C@]3(C)[C@@H](C5=CC(=O)OC5)CC[C@]43O)C2)O[C@@H](C)[C@@H]1OC1O[C@H](CO[C@@H]2O[C@H](CO)[C@@H](O)[C@H](O)[C@H]2O)[C@@H](O)[C@H](O)[C@H]1O. The molecule has 18 heteroatoms. The van der Waals surface area contributed by atoms with E-state index in [2.05, 4.69) is 13.8 Å². The molecule has 4 heterocycles. The van der Waals surface area contributed by atoms with Gasteiger partial charge in [0.25, 0.3) is 0 Å². The average molecular weight is 859 g/mol. The topological polar surface area (TPSA) is 273 Å². The highest BCUT2D eigenvalue weighted by Gasteiger charge is 2.68. The van der Waals surface area contributed by atoms with Gasteiger partial charge in [0.2, 0.25) is 0 Å².